The SMILES string of the molecule is COC(=O)c1ccc(C(=O)N(C)Cc2cccc(Cl)c2)cc1. The average Bonchev–Trinajstić information content (AvgIpc) is 2.53. The Morgan fingerprint density at radius 3 is 2.32 bits per heavy atom. The second-order valence-electron chi connectivity index (χ2n) is 4.86. The minimum atomic E-state index is -0.425. The largest absolute Gasteiger partial charge is 0.465 e. The number of rotatable bonds is 4. The lowest BCUT2D eigenvalue weighted by atomic mass is 10.1. The summed E-state index contributed by atoms with van der Waals surface area (Å²) >= 11 is 5.94. The van der Waals surface area contributed by atoms with Crippen molar-refractivity contribution >= 4 is 23.5 Å². The van der Waals surface area contributed by atoms with Crippen molar-refractivity contribution in [3.8, 4) is 0 Å². The Kier molecular flexibility index (Phi) is 5.17. The summed E-state index contributed by atoms with van der Waals surface area (Å²) in [6.45, 7) is 0.456. The molecule has 0 heterocycles. The van der Waals surface area contributed by atoms with Crippen molar-refractivity contribution in [3.63, 3.8) is 0 Å². The van der Waals surface area contributed by atoms with Crippen molar-refractivity contribution in [2.75, 3.05) is 14.2 Å². The van der Waals surface area contributed by atoms with Crippen LogP contribution in [-0.2, 0) is 11.3 Å². The third-order valence-corrected chi connectivity index (χ3v) is 3.44. The molecule has 2 rings (SSSR count). The quantitative estimate of drug-likeness (QED) is 0.812. The minimum Gasteiger partial charge on any atom is -0.465 e. The molecule has 0 aliphatic rings. The van der Waals surface area contributed by atoms with E-state index in [2.05, 4.69) is 4.74 Å². The van der Waals surface area contributed by atoms with Crippen molar-refractivity contribution < 1.29 is 14.3 Å². The lowest BCUT2D eigenvalue weighted by Crippen LogP contribution is -2.26. The molecule has 5 heteroatoms. The van der Waals surface area contributed by atoms with E-state index in [0.717, 1.165) is 5.56 Å². The Balaban J connectivity index is 2.08. The zero-order valence-corrected chi connectivity index (χ0v) is 13.1. The Hall–Kier alpha value is -2.33. The van der Waals surface area contributed by atoms with E-state index in [1.54, 1.807) is 42.3 Å². The third-order valence-electron chi connectivity index (χ3n) is 3.21. The van der Waals surface area contributed by atoms with Gasteiger partial charge in [-0.05, 0) is 42.0 Å². The summed E-state index contributed by atoms with van der Waals surface area (Å²) in [4.78, 5) is 25.3. The van der Waals surface area contributed by atoms with Crippen LogP contribution < -0.4 is 0 Å². The van der Waals surface area contributed by atoms with E-state index in [4.69, 9.17) is 11.6 Å². The number of hydrogen-bond donors (Lipinski definition) is 0. The van der Waals surface area contributed by atoms with Gasteiger partial charge in [0.2, 0.25) is 0 Å². The fourth-order valence-electron chi connectivity index (χ4n) is 2.07. The van der Waals surface area contributed by atoms with Crippen molar-refractivity contribution in [2.24, 2.45) is 0 Å². The van der Waals surface area contributed by atoms with Crippen LogP contribution in [0.2, 0.25) is 5.02 Å². The molecule has 1 amide bonds. The molecule has 114 valence electrons. The molecule has 0 bridgehead atoms. The van der Waals surface area contributed by atoms with Gasteiger partial charge in [0.25, 0.3) is 5.91 Å². The molecule has 4 nitrogen and oxygen atoms in total. The number of benzene rings is 2. The monoisotopic (exact) mass is 317 g/mol. The molecule has 0 saturated heterocycles. The summed E-state index contributed by atoms with van der Waals surface area (Å²) in [7, 11) is 3.04. The van der Waals surface area contributed by atoms with Crippen LogP contribution in [-0.4, -0.2) is 30.9 Å². The van der Waals surface area contributed by atoms with Crippen LogP contribution >= 0.6 is 11.6 Å². The van der Waals surface area contributed by atoms with E-state index in [1.165, 1.54) is 7.11 Å². The van der Waals surface area contributed by atoms with E-state index in [0.29, 0.717) is 22.7 Å². The number of halogens is 1. The summed E-state index contributed by atoms with van der Waals surface area (Å²) in [5, 5.41) is 0.640. The third kappa shape index (κ3) is 3.86. The molecule has 0 N–H and O–H groups in total. The number of carbonyl (C=O) groups excluding carboxylic acids is 2. The van der Waals surface area contributed by atoms with Crippen molar-refractivity contribution in [2.45, 2.75) is 6.54 Å². The van der Waals surface area contributed by atoms with E-state index < -0.39 is 5.97 Å². The van der Waals surface area contributed by atoms with Crippen LogP contribution in [0.25, 0.3) is 0 Å². The molecule has 0 saturated carbocycles. The number of ether oxygens (including phenoxy) is 1. The Labute approximate surface area is 134 Å². The van der Waals surface area contributed by atoms with Crippen molar-refractivity contribution in [1.29, 1.82) is 0 Å². The minimum absolute atomic E-state index is 0.128. The molecule has 0 unspecified atom stereocenters. The Morgan fingerprint density at radius 1 is 1.09 bits per heavy atom. The van der Waals surface area contributed by atoms with Crippen molar-refractivity contribution in [1.82, 2.24) is 4.90 Å². The average molecular weight is 318 g/mol. The Bertz CT molecular complexity index is 683. The number of carbonyl (C=O) groups is 2. The molecule has 0 radical (unpaired) electrons. The summed E-state index contributed by atoms with van der Waals surface area (Å²) in [5.41, 5.74) is 1.88. The van der Waals surface area contributed by atoms with Crippen LogP contribution in [0.1, 0.15) is 26.3 Å². The molecular weight excluding hydrogens is 302 g/mol. The van der Waals surface area contributed by atoms with Crippen LogP contribution in [0.3, 0.4) is 0 Å². The highest BCUT2D eigenvalue weighted by atomic mass is 35.5. The topological polar surface area (TPSA) is 46.6 Å². The van der Waals surface area contributed by atoms with Gasteiger partial charge in [-0.25, -0.2) is 4.79 Å². The lowest BCUT2D eigenvalue weighted by molar-refractivity contribution is 0.0600. The summed E-state index contributed by atoms with van der Waals surface area (Å²) in [6.07, 6.45) is 0. The number of esters is 1. The van der Waals surface area contributed by atoms with Gasteiger partial charge < -0.3 is 9.64 Å². The zero-order valence-electron chi connectivity index (χ0n) is 12.4. The predicted molar refractivity (Wildman–Crippen MR) is 85.0 cm³/mol. The highest BCUT2D eigenvalue weighted by molar-refractivity contribution is 6.30. The standard InChI is InChI=1S/C17H16ClNO3/c1-19(11-12-4-3-5-15(18)10-12)16(20)13-6-8-14(9-7-13)17(21)22-2/h3-10H,11H2,1-2H3. The van der Waals surface area contributed by atoms with Crippen molar-refractivity contribution in [3.05, 3.63) is 70.2 Å². The lowest BCUT2D eigenvalue weighted by Gasteiger charge is -2.17. The van der Waals surface area contributed by atoms with Gasteiger partial charge in [0.05, 0.1) is 12.7 Å². The van der Waals surface area contributed by atoms with Gasteiger partial charge in [-0.1, -0.05) is 23.7 Å². The van der Waals surface area contributed by atoms with E-state index in [-0.39, 0.29) is 5.91 Å². The summed E-state index contributed by atoms with van der Waals surface area (Å²) < 4.78 is 4.63. The number of nitrogens with zero attached hydrogens (tertiary/aromatic N) is 1. The first-order valence-electron chi connectivity index (χ1n) is 6.69. The van der Waals surface area contributed by atoms with Gasteiger partial charge >= 0.3 is 5.97 Å². The van der Waals surface area contributed by atoms with Gasteiger partial charge in [0, 0.05) is 24.2 Å². The molecule has 2 aromatic rings. The summed E-state index contributed by atoms with van der Waals surface area (Å²) in [6, 6.07) is 13.8. The number of hydrogen-bond acceptors (Lipinski definition) is 3. The highest BCUT2D eigenvalue weighted by Gasteiger charge is 2.13. The fraction of sp³-hybridized carbons (Fsp3) is 0.176. The first-order valence-corrected chi connectivity index (χ1v) is 7.07. The first-order chi connectivity index (χ1) is 10.5. The maximum Gasteiger partial charge on any atom is 0.337 e. The maximum absolute atomic E-state index is 12.4. The molecule has 0 atom stereocenters. The number of methoxy groups -OCH3 is 1. The molecule has 22 heavy (non-hydrogen) atoms. The van der Waals surface area contributed by atoms with E-state index >= 15 is 0 Å². The normalized spacial score (nSPS) is 10.1. The number of amides is 1. The second kappa shape index (κ2) is 7.09. The van der Waals surface area contributed by atoms with E-state index in [1.807, 2.05) is 18.2 Å². The second-order valence-corrected chi connectivity index (χ2v) is 5.30. The van der Waals surface area contributed by atoms with Crippen LogP contribution in [0.4, 0.5) is 0 Å². The maximum atomic E-state index is 12.4. The molecule has 0 fully saturated rings. The summed E-state index contributed by atoms with van der Waals surface area (Å²) in [5.74, 6) is -0.553. The molecule has 2 aromatic carbocycles. The van der Waals surface area contributed by atoms with Crippen LogP contribution in [0.15, 0.2) is 48.5 Å². The van der Waals surface area contributed by atoms with Gasteiger partial charge in [-0.15, -0.1) is 0 Å². The fourth-order valence-corrected chi connectivity index (χ4v) is 2.28. The van der Waals surface area contributed by atoms with Crippen LogP contribution in [0.5, 0.6) is 0 Å². The zero-order chi connectivity index (χ0) is 16.1. The molecule has 0 aliphatic carbocycles. The van der Waals surface area contributed by atoms with Gasteiger partial charge in [0.1, 0.15) is 0 Å². The van der Waals surface area contributed by atoms with Gasteiger partial charge in [-0.3, -0.25) is 4.79 Å². The molecular formula is C17H16ClNO3. The van der Waals surface area contributed by atoms with Crippen LogP contribution in [0, 0.1) is 0 Å². The Morgan fingerprint density at radius 2 is 1.73 bits per heavy atom. The molecule has 0 aliphatic heterocycles. The predicted octanol–water partition coefficient (Wildman–Crippen LogP) is 3.40. The van der Waals surface area contributed by atoms with Gasteiger partial charge in [0.15, 0.2) is 0 Å². The highest BCUT2D eigenvalue weighted by Crippen LogP contribution is 2.14. The molecule has 0 spiro atoms. The van der Waals surface area contributed by atoms with E-state index in [9.17, 15) is 9.59 Å². The van der Waals surface area contributed by atoms with Gasteiger partial charge in [-0.2, -0.15) is 0 Å². The first kappa shape index (κ1) is 16.0. The molecule has 0 aromatic heterocycles. The smallest absolute Gasteiger partial charge is 0.337 e.